The number of halogens is 2. The van der Waals surface area contributed by atoms with E-state index in [0.29, 0.717) is 16.4 Å². The third-order valence-corrected chi connectivity index (χ3v) is 4.39. The average Bonchev–Trinajstić information content (AvgIpc) is 3.04. The summed E-state index contributed by atoms with van der Waals surface area (Å²) in [6.45, 7) is -0.353. The Hall–Kier alpha value is -2.93. The van der Waals surface area contributed by atoms with Crippen molar-refractivity contribution in [2.24, 2.45) is 5.92 Å². The predicted molar refractivity (Wildman–Crippen MR) is 97.9 cm³/mol. The first-order valence-corrected chi connectivity index (χ1v) is 8.59. The fourth-order valence-corrected chi connectivity index (χ4v) is 2.99. The fourth-order valence-electron chi connectivity index (χ4n) is 2.75. The van der Waals surface area contributed by atoms with Crippen LogP contribution in [0.5, 0.6) is 0 Å². The highest BCUT2D eigenvalue weighted by atomic mass is 35.5. The largest absolute Gasteiger partial charge is 0.455 e. The number of hydrogen-bond acceptors (Lipinski definition) is 4. The van der Waals surface area contributed by atoms with E-state index in [1.807, 2.05) is 0 Å². The lowest BCUT2D eigenvalue weighted by Crippen LogP contribution is -2.28. The number of carbonyl (C=O) groups is 3. The van der Waals surface area contributed by atoms with Gasteiger partial charge in [-0.15, -0.1) is 0 Å². The number of para-hydroxylation sites is 1. The molecule has 27 heavy (non-hydrogen) atoms. The molecule has 2 aromatic carbocycles. The molecule has 0 saturated carbocycles. The van der Waals surface area contributed by atoms with Crippen LogP contribution < -0.4 is 10.2 Å². The monoisotopic (exact) mass is 390 g/mol. The van der Waals surface area contributed by atoms with Crippen LogP contribution >= 0.6 is 11.6 Å². The van der Waals surface area contributed by atoms with Crippen LogP contribution in [0.15, 0.2) is 48.5 Å². The molecule has 0 radical (unpaired) electrons. The summed E-state index contributed by atoms with van der Waals surface area (Å²) in [5, 5.41) is 2.90. The molecule has 1 saturated heterocycles. The Labute approximate surface area is 159 Å². The molecule has 0 aliphatic carbocycles. The molecule has 0 unspecified atom stereocenters. The molecule has 0 aromatic heterocycles. The van der Waals surface area contributed by atoms with Crippen LogP contribution in [-0.2, 0) is 19.1 Å². The first-order valence-electron chi connectivity index (χ1n) is 8.21. The van der Waals surface area contributed by atoms with E-state index in [1.165, 1.54) is 29.2 Å². The summed E-state index contributed by atoms with van der Waals surface area (Å²) in [5.41, 5.74) is 0.923. The first-order chi connectivity index (χ1) is 12.9. The third-order valence-electron chi connectivity index (χ3n) is 4.08. The highest BCUT2D eigenvalue weighted by Gasteiger charge is 2.37. The van der Waals surface area contributed by atoms with Gasteiger partial charge >= 0.3 is 5.97 Å². The van der Waals surface area contributed by atoms with E-state index in [4.69, 9.17) is 16.3 Å². The van der Waals surface area contributed by atoms with Gasteiger partial charge in [0.15, 0.2) is 6.61 Å². The molecule has 1 fully saturated rings. The quantitative estimate of drug-likeness (QED) is 0.796. The molecule has 0 bridgehead atoms. The van der Waals surface area contributed by atoms with Gasteiger partial charge in [0.05, 0.1) is 16.6 Å². The van der Waals surface area contributed by atoms with Crippen molar-refractivity contribution in [2.75, 3.05) is 23.4 Å². The van der Waals surface area contributed by atoms with E-state index in [0.717, 1.165) is 0 Å². The molecule has 3 rings (SSSR count). The van der Waals surface area contributed by atoms with Gasteiger partial charge < -0.3 is 15.0 Å². The maximum Gasteiger partial charge on any atom is 0.311 e. The molecule has 1 aliphatic rings. The van der Waals surface area contributed by atoms with Gasteiger partial charge in [0.2, 0.25) is 5.91 Å². The van der Waals surface area contributed by atoms with E-state index < -0.39 is 30.2 Å². The maximum atomic E-state index is 12.8. The zero-order valence-corrected chi connectivity index (χ0v) is 14.9. The highest BCUT2D eigenvalue weighted by molar-refractivity contribution is 6.33. The molecule has 1 N–H and O–H groups in total. The van der Waals surface area contributed by atoms with Crippen molar-refractivity contribution in [3.8, 4) is 0 Å². The van der Waals surface area contributed by atoms with Gasteiger partial charge in [-0.1, -0.05) is 23.7 Å². The number of nitrogens with zero attached hydrogens (tertiary/aromatic N) is 1. The zero-order chi connectivity index (χ0) is 19.4. The van der Waals surface area contributed by atoms with E-state index in [2.05, 4.69) is 5.32 Å². The second kappa shape index (κ2) is 8.18. The van der Waals surface area contributed by atoms with Crippen LogP contribution in [0, 0.1) is 11.7 Å². The molecule has 140 valence electrons. The molecular formula is C19H16ClFN2O4. The molecule has 6 nitrogen and oxygen atoms in total. The number of carbonyl (C=O) groups excluding carboxylic acids is 3. The summed E-state index contributed by atoms with van der Waals surface area (Å²) in [5.74, 6) is -2.52. The van der Waals surface area contributed by atoms with Crippen LogP contribution in [0.4, 0.5) is 15.8 Å². The first kappa shape index (κ1) is 18.8. The normalized spacial score (nSPS) is 16.3. The molecule has 1 atom stereocenters. The van der Waals surface area contributed by atoms with Crippen LogP contribution in [0.1, 0.15) is 6.42 Å². The van der Waals surface area contributed by atoms with Crippen LogP contribution in [-0.4, -0.2) is 30.9 Å². The number of nitrogens with one attached hydrogen (secondary N) is 1. The SMILES string of the molecule is O=C(COC(=O)[C@H]1CC(=O)N(c2ccccc2Cl)C1)Nc1ccc(F)cc1. The lowest BCUT2D eigenvalue weighted by molar-refractivity contribution is -0.151. The Kier molecular flexibility index (Phi) is 5.71. The number of esters is 1. The maximum absolute atomic E-state index is 12.8. The number of anilines is 2. The smallest absolute Gasteiger partial charge is 0.311 e. The van der Waals surface area contributed by atoms with E-state index in [1.54, 1.807) is 24.3 Å². The molecular weight excluding hydrogens is 375 g/mol. The molecule has 8 heteroatoms. The molecule has 0 spiro atoms. The summed E-state index contributed by atoms with van der Waals surface area (Å²) in [6.07, 6.45) is -0.0103. The van der Waals surface area contributed by atoms with Gasteiger partial charge in [0.1, 0.15) is 5.82 Å². The van der Waals surface area contributed by atoms with Crippen LogP contribution in [0.2, 0.25) is 5.02 Å². The Balaban J connectivity index is 1.53. The Bertz CT molecular complexity index is 872. The Morgan fingerprint density at radius 1 is 1.19 bits per heavy atom. The van der Waals surface area contributed by atoms with E-state index >= 15 is 0 Å². The molecule has 1 aliphatic heterocycles. The lowest BCUT2D eigenvalue weighted by Gasteiger charge is -2.17. The van der Waals surface area contributed by atoms with Gasteiger partial charge in [-0.2, -0.15) is 0 Å². The Morgan fingerprint density at radius 3 is 2.59 bits per heavy atom. The highest BCUT2D eigenvalue weighted by Crippen LogP contribution is 2.31. The third kappa shape index (κ3) is 4.62. The number of benzene rings is 2. The van der Waals surface area contributed by atoms with Gasteiger partial charge in [0, 0.05) is 18.7 Å². The standard InChI is InChI=1S/C19H16ClFN2O4/c20-15-3-1-2-4-16(15)23-10-12(9-18(23)25)19(26)27-11-17(24)22-14-7-5-13(21)6-8-14/h1-8,12H,9-11H2,(H,22,24)/t12-/m0/s1. The van der Waals surface area contributed by atoms with Crippen molar-refractivity contribution in [3.05, 3.63) is 59.4 Å². The van der Waals surface area contributed by atoms with Crippen molar-refractivity contribution in [1.82, 2.24) is 0 Å². The second-order valence-corrected chi connectivity index (χ2v) is 6.43. The zero-order valence-electron chi connectivity index (χ0n) is 14.2. The molecule has 2 amide bonds. The number of rotatable bonds is 5. The van der Waals surface area contributed by atoms with Gasteiger partial charge in [-0.25, -0.2) is 4.39 Å². The number of hydrogen-bond donors (Lipinski definition) is 1. The van der Waals surface area contributed by atoms with Crippen molar-refractivity contribution < 1.29 is 23.5 Å². The second-order valence-electron chi connectivity index (χ2n) is 6.02. The van der Waals surface area contributed by atoms with Crippen LogP contribution in [0.3, 0.4) is 0 Å². The Morgan fingerprint density at radius 2 is 1.89 bits per heavy atom. The van der Waals surface area contributed by atoms with Gasteiger partial charge in [-0.05, 0) is 36.4 Å². The van der Waals surface area contributed by atoms with Gasteiger partial charge in [0.25, 0.3) is 5.91 Å². The van der Waals surface area contributed by atoms with Crippen molar-refractivity contribution >= 4 is 40.8 Å². The summed E-state index contributed by atoms with van der Waals surface area (Å²) < 4.78 is 17.8. The number of ether oxygens (including phenoxy) is 1. The van der Waals surface area contributed by atoms with E-state index in [9.17, 15) is 18.8 Å². The lowest BCUT2D eigenvalue weighted by atomic mass is 10.1. The van der Waals surface area contributed by atoms with Crippen LogP contribution in [0.25, 0.3) is 0 Å². The topological polar surface area (TPSA) is 75.7 Å². The average molecular weight is 391 g/mol. The number of amides is 2. The minimum absolute atomic E-state index is 0.0103. The van der Waals surface area contributed by atoms with E-state index in [-0.39, 0.29) is 18.9 Å². The summed E-state index contributed by atoms with van der Waals surface area (Å²) in [4.78, 5) is 37.7. The van der Waals surface area contributed by atoms with Crippen molar-refractivity contribution in [3.63, 3.8) is 0 Å². The predicted octanol–water partition coefficient (Wildman–Crippen LogP) is 3.01. The summed E-state index contributed by atoms with van der Waals surface area (Å²) >= 11 is 6.10. The minimum Gasteiger partial charge on any atom is -0.455 e. The van der Waals surface area contributed by atoms with Crippen molar-refractivity contribution in [1.29, 1.82) is 0 Å². The molecule has 1 heterocycles. The molecule has 2 aromatic rings. The van der Waals surface area contributed by atoms with Crippen molar-refractivity contribution in [2.45, 2.75) is 6.42 Å². The summed E-state index contributed by atoms with van der Waals surface area (Å²) in [7, 11) is 0. The minimum atomic E-state index is -0.674. The fraction of sp³-hybridized carbons (Fsp3) is 0.211. The summed E-state index contributed by atoms with van der Waals surface area (Å²) in [6, 6.07) is 12.1. The van der Waals surface area contributed by atoms with Gasteiger partial charge in [-0.3, -0.25) is 14.4 Å².